The summed E-state index contributed by atoms with van der Waals surface area (Å²) in [6, 6.07) is 9.60. The highest BCUT2D eigenvalue weighted by atomic mass is 19.1. The molecule has 0 aromatic heterocycles. The van der Waals surface area contributed by atoms with E-state index in [1.165, 1.54) is 42.5 Å². The van der Waals surface area contributed by atoms with Crippen LogP contribution in [0.4, 0.5) is 8.78 Å². The van der Waals surface area contributed by atoms with Crippen LogP contribution in [0.5, 0.6) is 0 Å². The van der Waals surface area contributed by atoms with E-state index in [-0.39, 0.29) is 18.0 Å². The van der Waals surface area contributed by atoms with Crippen molar-refractivity contribution in [2.75, 3.05) is 6.54 Å². The molecule has 1 amide bonds. The van der Waals surface area contributed by atoms with Crippen LogP contribution in [-0.4, -0.2) is 23.7 Å². The Bertz CT molecular complexity index is 619. The van der Waals surface area contributed by atoms with Gasteiger partial charge in [-0.15, -0.1) is 0 Å². The van der Waals surface area contributed by atoms with Crippen molar-refractivity contribution in [2.45, 2.75) is 13.0 Å². The first-order valence-electron chi connectivity index (χ1n) is 6.49. The maximum absolute atomic E-state index is 13.7. The molecule has 0 aliphatic carbocycles. The Labute approximate surface area is 121 Å². The van der Waals surface area contributed by atoms with Gasteiger partial charge >= 0.3 is 0 Å². The van der Waals surface area contributed by atoms with Crippen molar-refractivity contribution < 1.29 is 18.7 Å². The molecule has 3 nitrogen and oxygen atoms in total. The number of carbonyl (C=O) groups excluding carboxylic acids is 1. The predicted molar refractivity (Wildman–Crippen MR) is 75.8 cm³/mol. The second-order valence-corrected chi connectivity index (χ2v) is 4.73. The normalized spacial score (nSPS) is 12.0. The second kappa shape index (κ2) is 6.45. The summed E-state index contributed by atoms with van der Waals surface area (Å²) in [5, 5.41) is 11.6. The molecule has 0 unspecified atom stereocenters. The van der Waals surface area contributed by atoms with Gasteiger partial charge in [-0.2, -0.15) is 0 Å². The fourth-order valence-electron chi connectivity index (χ4n) is 1.90. The topological polar surface area (TPSA) is 49.3 Å². The summed E-state index contributed by atoms with van der Waals surface area (Å²) in [5.41, 5.74) is 0.599. The zero-order chi connectivity index (χ0) is 15.4. The number of hydrogen-bond donors (Lipinski definition) is 2. The summed E-state index contributed by atoms with van der Waals surface area (Å²) < 4.78 is 27.3. The average Bonchev–Trinajstić information content (AvgIpc) is 2.45. The van der Waals surface area contributed by atoms with E-state index >= 15 is 0 Å². The molecule has 2 aromatic rings. The minimum atomic E-state index is -0.652. The Kier molecular flexibility index (Phi) is 4.65. The Morgan fingerprint density at radius 1 is 1.14 bits per heavy atom. The SMILES string of the molecule is C[C@H](O)CNC(=O)c1ccc(-c2c(F)cccc2F)cc1. The van der Waals surface area contributed by atoms with Gasteiger partial charge in [0.2, 0.25) is 0 Å². The minimum Gasteiger partial charge on any atom is -0.392 e. The van der Waals surface area contributed by atoms with Crippen LogP contribution in [0.3, 0.4) is 0 Å². The monoisotopic (exact) mass is 291 g/mol. The largest absolute Gasteiger partial charge is 0.392 e. The molecular weight excluding hydrogens is 276 g/mol. The van der Waals surface area contributed by atoms with Crippen molar-refractivity contribution in [3.63, 3.8) is 0 Å². The molecule has 0 radical (unpaired) electrons. The molecule has 1 atom stereocenters. The third-order valence-electron chi connectivity index (χ3n) is 2.96. The second-order valence-electron chi connectivity index (χ2n) is 4.73. The molecule has 0 spiro atoms. The first-order chi connectivity index (χ1) is 9.99. The molecule has 2 rings (SSSR count). The third-order valence-corrected chi connectivity index (χ3v) is 2.96. The Hall–Kier alpha value is -2.27. The lowest BCUT2D eigenvalue weighted by Crippen LogP contribution is -2.30. The number of amides is 1. The standard InChI is InChI=1S/C16H15F2NO2/c1-10(20)9-19-16(21)12-7-5-11(6-8-12)15-13(17)3-2-4-14(15)18/h2-8,10,20H,9H2,1H3,(H,19,21)/t10-/m0/s1. The van der Waals surface area contributed by atoms with Crippen molar-refractivity contribution in [2.24, 2.45) is 0 Å². The molecule has 2 N–H and O–H groups in total. The number of nitrogens with one attached hydrogen (secondary N) is 1. The highest BCUT2D eigenvalue weighted by molar-refractivity contribution is 5.94. The van der Waals surface area contributed by atoms with Gasteiger partial charge in [-0.1, -0.05) is 18.2 Å². The van der Waals surface area contributed by atoms with Crippen molar-refractivity contribution in [3.05, 3.63) is 59.7 Å². The molecule has 5 heteroatoms. The van der Waals surface area contributed by atoms with Gasteiger partial charge in [0, 0.05) is 12.1 Å². The number of rotatable bonds is 4. The molecule has 0 heterocycles. The summed E-state index contributed by atoms with van der Waals surface area (Å²) in [6.07, 6.45) is -0.638. The summed E-state index contributed by atoms with van der Waals surface area (Å²) >= 11 is 0. The lowest BCUT2D eigenvalue weighted by atomic mass is 10.0. The summed E-state index contributed by atoms with van der Waals surface area (Å²) in [7, 11) is 0. The van der Waals surface area contributed by atoms with Crippen LogP contribution >= 0.6 is 0 Å². The van der Waals surface area contributed by atoms with Crippen molar-refractivity contribution in [1.82, 2.24) is 5.32 Å². The van der Waals surface area contributed by atoms with Gasteiger partial charge in [0.05, 0.1) is 11.7 Å². The van der Waals surface area contributed by atoms with Crippen molar-refractivity contribution >= 4 is 5.91 Å². The molecule has 0 fully saturated rings. The van der Waals surface area contributed by atoms with Gasteiger partial charge in [-0.05, 0) is 36.8 Å². The van der Waals surface area contributed by atoms with Crippen LogP contribution in [0.15, 0.2) is 42.5 Å². The number of carbonyl (C=O) groups is 1. The molecule has 0 saturated carbocycles. The van der Waals surface area contributed by atoms with Crippen molar-refractivity contribution in [3.8, 4) is 11.1 Å². The lowest BCUT2D eigenvalue weighted by Gasteiger charge is -2.08. The Morgan fingerprint density at radius 2 is 1.71 bits per heavy atom. The van der Waals surface area contributed by atoms with Crippen molar-refractivity contribution in [1.29, 1.82) is 0 Å². The van der Waals surface area contributed by atoms with Crippen LogP contribution in [0.25, 0.3) is 11.1 Å². The van der Waals surface area contributed by atoms with Crippen LogP contribution in [0, 0.1) is 11.6 Å². The molecule has 0 aliphatic rings. The minimum absolute atomic E-state index is 0.117. The number of benzene rings is 2. The van der Waals surface area contributed by atoms with Gasteiger partial charge in [0.1, 0.15) is 11.6 Å². The zero-order valence-corrected chi connectivity index (χ0v) is 11.4. The van der Waals surface area contributed by atoms with E-state index in [2.05, 4.69) is 5.32 Å². The maximum atomic E-state index is 13.7. The first-order valence-corrected chi connectivity index (χ1v) is 6.49. The number of hydrogen-bond acceptors (Lipinski definition) is 2. The quantitative estimate of drug-likeness (QED) is 0.910. The fourth-order valence-corrected chi connectivity index (χ4v) is 1.90. The number of aliphatic hydroxyl groups is 1. The van der Waals surface area contributed by atoms with Gasteiger partial charge in [-0.3, -0.25) is 4.79 Å². The lowest BCUT2D eigenvalue weighted by molar-refractivity contribution is 0.0924. The summed E-state index contributed by atoms with van der Waals surface area (Å²) in [6.45, 7) is 1.70. The Balaban J connectivity index is 2.21. The number of aliphatic hydroxyl groups excluding tert-OH is 1. The third kappa shape index (κ3) is 3.64. The van der Waals surface area contributed by atoms with E-state index in [0.29, 0.717) is 11.1 Å². The maximum Gasteiger partial charge on any atom is 0.251 e. The van der Waals surface area contributed by atoms with Crippen LogP contribution in [-0.2, 0) is 0 Å². The Morgan fingerprint density at radius 3 is 2.24 bits per heavy atom. The highest BCUT2D eigenvalue weighted by Crippen LogP contribution is 2.26. The molecule has 110 valence electrons. The van der Waals surface area contributed by atoms with E-state index < -0.39 is 17.7 Å². The van der Waals surface area contributed by atoms with E-state index in [9.17, 15) is 13.6 Å². The van der Waals surface area contributed by atoms with Gasteiger partial charge in [0.25, 0.3) is 5.91 Å². The van der Waals surface area contributed by atoms with E-state index in [1.54, 1.807) is 6.92 Å². The predicted octanol–water partition coefficient (Wildman–Crippen LogP) is 2.74. The number of halogens is 2. The first kappa shape index (κ1) is 15.1. The summed E-state index contributed by atoms with van der Waals surface area (Å²) in [4.78, 5) is 11.8. The van der Waals surface area contributed by atoms with E-state index in [4.69, 9.17) is 5.11 Å². The van der Waals surface area contributed by atoms with Crippen LogP contribution < -0.4 is 5.32 Å². The smallest absolute Gasteiger partial charge is 0.251 e. The molecule has 21 heavy (non-hydrogen) atoms. The summed E-state index contributed by atoms with van der Waals surface area (Å²) in [5.74, 6) is -1.65. The zero-order valence-electron chi connectivity index (χ0n) is 11.4. The molecule has 2 aromatic carbocycles. The fraction of sp³-hybridized carbons (Fsp3) is 0.188. The van der Waals surface area contributed by atoms with E-state index in [0.717, 1.165) is 0 Å². The van der Waals surface area contributed by atoms with E-state index in [1.807, 2.05) is 0 Å². The molecule has 0 saturated heterocycles. The average molecular weight is 291 g/mol. The van der Waals surface area contributed by atoms with Crippen LogP contribution in [0.2, 0.25) is 0 Å². The van der Waals surface area contributed by atoms with Gasteiger partial charge in [-0.25, -0.2) is 8.78 Å². The molecule has 0 bridgehead atoms. The molecular formula is C16H15F2NO2. The van der Waals surface area contributed by atoms with Crippen LogP contribution in [0.1, 0.15) is 17.3 Å². The highest BCUT2D eigenvalue weighted by Gasteiger charge is 2.12. The van der Waals surface area contributed by atoms with Gasteiger partial charge in [0.15, 0.2) is 0 Å². The molecule has 0 aliphatic heterocycles. The van der Waals surface area contributed by atoms with Gasteiger partial charge < -0.3 is 10.4 Å².